The van der Waals surface area contributed by atoms with Gasteiger partial charge in [-0.3, -0.25) is 4.79 Å². The van der Waals surface area contributed by atoms with E-state index in [9.17, 15) is 4.79 Å². The normalized spacial score (nSPS) is 12.9. The summed E-state index contributed by atoms with van der Waals surface area (Å²) >= 11 is 3.35. The molecule has 0 unspecified atom stereocenters. The summed E-state index contributed by atoms with van der Waals surface area (Å²) in [5.41, 5.74) is 1.66. The highest BCUT2D eigenvalue weighted by Gasteiger charge is 2.23. The summed E-state index contributed by atoms with van der Waals surface area (Å²) in [5.74, 6) is 0.874. The highest BCUT2D eigenvalue weighted by Crippen LogP contribution is 2.27. The zero-order valence-electron chi connectivity index (χ0n) is 13.6. The first-order valence-corrected chi connectivity index (χ1v) is 9.82. The van der Waals surface area contributed by atoms with Gasteiger partial charge in [-0.25, -0.2) is 0 Å². The molecule has 3 heterocycles. The minimum absolute atomic E-state index is 0.0382. The number of nitrogens with zero attached hydrogens (tertiary/aromatic N) is 1. The highest BCUT2D eigenvalue weighted by atomic mass is 32.1. The number of rotatable bonds is 5. The summed E-state index contributed by atoms with van der Waals surface area (Å²) in [4.78, 5) is 17.4. The zero-order chi connectivity index (χ0) is 17.1. The molecular weight excluding hydrogens is 350 g/mol. The van der Waals surface area contributed by atoms with Crippen molar-refractivity contribution in [1.29, 1.82) is 0 Å². The Kier molecular flexibility index (Phi) is 4.68. The average Bonchev–Trinajstić information content (AvgIpc) is 3.34. The SMILES string of the molecule is O=C(C1=Cc2ccccc2OC1)N(Cc1cccs1)Cc1cccs1. The lowest BCUT2D eigenvalue weighted by atomic mass is 10.1. The molecule has 1 aromatic carbocycles. The number of benzene rings is 1. The Hall–Kier alpha value is -2.37. The molecule has 0 aliphatic carbocycles. The van der Waals surface area contributed by atoms with Gasteiger partial charge in [0.15, 0.2) is 0 Å². The molecule has 5 heteroatoms. The van der Waals surface area contributed by atoms with Crippen LogP contribution in [0.3, 0.4) is 0 Å². The van der Waals surface area contributed by atoms with Gasteiger partial charge in [-0.15, -0.1) is 22.7 Å². The summed E-state index contributed by atoms with van der Waals surface area (Å²) in [7, 11) is 0. The standard InChI is InChI=1S/C20H17NO2S2/c22-20(16-11-15-5-1-2-8-19(15)23-14-16)21(12-17-6-3-9-24-17)13-18-7-4-10-25-18/h1-11H,12-14H2. The molecule has 3 aromatic rings. The van der Waals surface area contributed by atoms with Gasteiger partial charge in [-0.2, -0.15) is 0 Å². The minimum Gasteiger partial charge on any atom is -0.488 e. The number of hydrogen-bond acceptors (Lipinski definition) is 4. The average molecular weight is 367 g/mol. The van der Waals surface area contributed by atoms with E-state index in [-0.39, 0.29) is 5.91 Å². The molecule has 1 amide bonds. The third-order valence-corrected chi connectivity index (χ3v) is 5.77. The van der Waals surface area contributed by atoms with Crippen LogP contribution in [0.5, 0.6) is 5.75 Å². The Morgan fingerprint density at radius 2 is 1.64 bits per heavy atom. The van der Waals surface area contributed by atoms with Crippen molar-refractivity contribution in [1.82, 2.24) is 4.90 Å². The maximum absolute atomic E-state index is 13.1. The van der Waals surface area contributed by atoms with Gasteiger partial charge in [-0.05, 0) is 35.0 Å². The smallest absolute Gasteiger partial charge is 0.253 e. The van der Waals surface area contributed by atoms with Crippen molar-refractivity contribution in [3.8, 4) is 5.75 Å². The number of thiophene rings is 2. The lowest BCUT2D eigenvalue weighted by Gasteiger charge is -2.25. The number of fused-ring (bicyclic) bond motifs is 1. The molecule has 126 valence electrons. The molecule has 0 N–H and O–H groups in total. The molecular formula is C20H17NO2S2. The third-order valence-electron chi connectivity index (χ3n) is 4.05. The third kappa shape index (κ3) is 3.67. The first kappa shape index (κ1) is 16.1. The summed E-state index contributed by atoms with van der Waals surface area (Å²) in [5, 5.41) is 4.09. The maximum atomic E-state index is 13.1. The van der Waals surface area contributed by atoms with Gasteiger partial charge < -0.3 is 9.64 Å². The first-order valence-electron chi connectivity index (χ1n) is 8.06. The molecule has 0 bridgehead atoms. The number of carbonyl (C=O) groups excluding carboxylic acids is 1. The van der Waals surface area contributed by atoms with Gasteiger partial charge in [0.2, 0.25) is 0 Å². The Labute approximate surface area is 154 Å². The topological polar surface area (TPSA) is 29.5 Å². The second-order valence-electron chi connectivity index (χ2n) is 5.82. The largest absolute Gasteiger partial charge is 0.488 e. The molecule has 0 saturated carbocycles. The van der Waals surface area contributed by atoms with Crippen LogP contribution >= 0.6 is 22.7 Å². The van der Waals surface area contributed by atoms with Gasteiger partial charge in [0, 0.05) is 15.3 Å². The summed E-state index contributed by atoms with van der Waals surface area (Å²) in [6.45, 7) is 1.56. The van der Waals surface area contributed by atoms with Crippen LogP contribution in [0.1, 0.15) is 15.3 Å². The van der Waals surface area contributed by atoms with Gasteiger partial charge in [0.05, 0.1) is 18.7 Å². The van der Waals surface area contributed by atoms with Gasteiger partial charge >= 0.3 is 0 Å². The van der Waals surface area contributed by atoms with Crippen molar-refractivity contribution in [2.45, 2.75) is 13.1 Å². The van der Waals surface area contributed by atoms with E-state index in [2.05, 4.69) is 12.1 Å². The van der Waals surface area contributed by atoms with Crippen molar-refractivity contribution >= 4 is 34.7 Å². The molecule has 1 aliphatic heterocycles. The monoisotopic (exact) mass is 367 g/mol. The molecule has 0 saturated heterocycles. The number of carbonyl (C=O) groups is 1. The van der Waals surface area contributed by atoms with Crippen LogP contribution in [0.4, 0.5) is 0 Å². The van der Waals surface area contributed by atoms with E-state index >= 15 is 0 Å². The van der Waals surface area contributed by atoms with Crippen molar-refractivity contribution in [2.24, 2.45) is 0 Å². The van der Waals surface area contributed by atoms with E-state index in [1.165, 1.54) is 9.75 Å². The summed E-state index contributed by atoms with van der Waals surface area (Å²) < 4.78 is 5.77. The van der Waals surface area contributed by atoms with E-state index in [1.807, 2.05) is 58.1 Å². The first-order chi connectivity index (χ1) is 12.3. The molecule has 0 fully saturated rings. The van der Waals surface area contributed by atoms with E-state index < -0.39 is 0 Å². The van der Waals surface area contributed by atoms with Crippen molar-refractivity contribution in [3.63, 3.8) is 0 Å². The molecule has 1 aliphatic rings. The number of amides is 1. The van der Waals surface area contributed by atoms with Crippen molar-refractivity contribution in [2.75, 3.05) is 6.61 Å². The number of hydrogen-bond donors (Lipinski definition) is 0. The molecule has 0 spiro atoms. The zero-order valence-corrected chi connectivity index (χ0v) is 15.2. The molecule has 25 heavy (non-hydrogen) atoms. The highest BCUT2D eigenvalue weighted by molar-refractivity contribution is 7.10. The van der Waals surface area contributed by atoms with E-state index in [4.69, 9.17) is 4.74 Å². The Bertz CT molecular complexity index is 846. The molecule has 2 aromatic heterocycles. The predicted octanol–water partition coefficient (Wildman–Crippen LogP) is 4.81. The Balaban J connectivity index is 1.60. The van der Waals surface area contributed by atoms with E-state index in [0.29, 0.717) is 25.3 Å². The van der Waals surface area contributed by atoms with Crippen LogP contribution in [0.2, 0.25) is 0 Å². The quantitative estimate of drug-likeness (QED) is 0.647. The molecule has 0 radical (unpaired) electrons. The van der Waals surface area contributed by atoms with Crippen molar-refractivity contribution < 1.29 is 9.53 Å². The Morgan fingerprint density at radius 3 is 2.28 bits per heavy atom. The van der Waals surface area contributed by atoms with Crippen LogP contribution in [-0.2, 0) is 17.9 Å². The fourth-order valence-electron chi connectivity index (χ4n) is 2.82. The lowest BCUT2D eigenvalue weighted by molar-refractivity contribution is -0.128. The van der Waals surface area contributed by atoms with Crippen LogP contribution in [0, 0.1) is 0 Å². The Morgan fingerprint density at radius 1 is 0.960 bits per heavy atom. The predicted molar refractivity (Wildman–Crippen MR) is 103 cm³/mol. The molecule has 4 rings (SSSR count). The number of para-hydroxylation sites is 1. The lowest BCUT2D eigenvalue weighted by Crippen LogP contribution is -2.33. The van der Waals surface area contributed by atoms with Crippen LogP contribution in [0.15, 0.2) is 64.9 Å². The fraction of sp³-hybridized carbons (Fsp3) is 0.150. The summed E-state index contributed by atoms with van der Waals surface area (Å²) in [6, 6.07) is 16.0. The molecule has 0 atom stereocenters. The second-order valence-corrected chi connectivity index (χ2v) is 7.88. The van der Waals surface area contributed by atoms with Gasteiger partial charge in [-0.1, -0.05) is 30.3 Å². The van der Waals surface area contributed by atoms with Crippen molar-refractivity contribution in [3.05, 3.63) is 80.2 Å². The van der Waals surface area contributed by atoms with Crippen LogP contribution in [0.25, 0.3) is 6.08 Å². The summed E-state index contributed by atoms with van der Waals surface area (Å²) in [6.07, 6.45) is 1.96. The van der Waals surface area contributed by atoms with Crippen LogP contribution < -0.4 is 4.74 Å². The minimum atomic E-state index is 0.0382. The maximum Gasteiger partial charge on any atom is 0.253 e. The second kappa shape index (κ2) is 7.25. The fourth-order valence-corrected chi connectivity index (χ4v) is 4.26. The van der Waals surface area contributed by atoms with Crippen LogP contribution in [-0.4, -0.2) is 17.4 Å². The molecule has 3 nitrogen and oxygen atoms in total. The van der Waals surface area contributed by atoms with Gasteiger partial charge in [0.1, 0.15) is 12.4 Å². The van der Waals surface area contributed by atoms with Gasteiger partial charge in [0.25, 0.3) is 5.91 Å². The van der Waals surface area contributed by atoms with E-state index in [0.717, 1.165) is 11.3 Å². The van der Waals surface area contributed by atoms with E-state index in [1.54, 1.807) is 22.7 Å². The number of ether oxygens (including phenoxy) is 1.